The Bertz CT molecular complexity index is 965. The van der Waals surface area contributed by atoms with Gasteiger partial charge in [-0.15, -0.1) is 0 Å². The van der Waals surface area contributed by atoms with E-state index in [0.717, 1.165) is 11.3 Å². The number of nitro groups is 1. The minimum absolute atomic E-state index is 0.261. The van der Waals surface area contributed by atoms with Crippen LogP contribution in [-0.4, -0.2) is 60.3 Å². The summed E-state index contributed by atoms with van der Waals surface area (Å²) in [7, 11) is -2.34. The number of pyridine rings is 1. The highest BCUT2D eigenvalue weighted by molar-refractivity contribution is 7.89. The predicted octanol–water partition coefficient (Wildman–Crippen LogP) is 2.03. The number of methoxy groups -OCH3 is 1. The zero-order chi connectivity index (χ0) is 21.0. The number of aromatic nitrogens is 1. The molecule has 3 rings (SSSR count). The van der Waals surface area contributed by atoms with Gasteiger partial charge >= 0.3 is 0 Å². The van der Waals surface area contributed by atoms with E-state index >= 15 is 0 Å². The molecule has 10 heteroatoms. The van der Waals surface area contributed by atoms with Gasteiger partial charge in [-0.3, -0.25) is 20.0 Å². The van der Waals surface area contributed by atoms with E-state index in [9.17, 15) is 18.5 Å². The van der Waals surface area contributed by atoms with Crippen LogP contribution in [0.3, 0.4) is 0 Å². The van der Waals surface area contributed by atoms with Gasteiger partial charge in [0.1, 0.15) is 0 Å². The molecule has 1 aromatic heterocycles. The lowest BCUT2D eigenvalue weighted by Gasteiger charge is -2.38. The number of piperazine rings is 1. The average Bonchev–Trinajstić information content (AvgIpc) is 2.69. The second-order valence-corrected chi connectivity index (χ2v) is 8.87. The van der Waals surface area contributed by atoms with E-state index in [1.54, 1.807) is 13.3 Å². The van der Waals surface area contributed by atoms with Gasteiger partial charge in [0.05, 0.1) is 17.2 Å². The summed E-state index contributed by atoms with van der Waals surface area (Å²) in [5.74, 6) is 0. The largest absolute Gasteiger partial charge is 0.378 e. The fourth-order valence-corrected chi connectivity index (χ4v) is 5.28. The van der Waals surface area contributed by atoms with Crippen LogP contribution in [0.2, 0.25) is 0 Å². The summed E-state index contributed by atoms with van der Waals surface area (Å²) in [5, 5.41) is 11.3. The zero-order valence-electron chi connectivity index (χ0n) is 16.4. The molecule has 1 aliphatic heterocycles. The van der Waals surface area contributed by atoms with Gasteiger partial charge in [0.25, 0.3) is 5.69 Å². The Morgan fingerprint density at radius 2 is 2.00 bits per heavy atom. The van der Waals surface area contributed by atoms with E-state index < -0.39 is 20.6 Å². The van der Waals surface area contributed by atoms with Gasteiger partial charge in [0, 0.05) is 51.6 Å². The number of ether oxygens (including phenoxy) is 1. The molecule has 0 bridgehead atoms. The molecule has 0 saturated carbocycles. The first-order valence-corrected chi connectivity index (χ1v) is 10.7. The van der Waals surface area contributed by atoms with Gasteiger partial charge in [-0.25, -0.2) is 8.42 Å². The maximum atomic E-state index is 13.1. The highest BCUT2D eigenvalue weighted by Crippen LogP contribution is 2.28. The molecule has 0 spiro atoms. The number of hydrogen-bond acceptors (Lipinski definition) is 7. The molecule has 1 aliphatic rings. The molecule has 1 fully saturated rings. The Hall–Kier alpha value is -2.40. The monoisotopic (exact) mass is 420 g/mol. The lowest BCUT2D eigenvalue weighted by molar-refractivity contribution is -0.387. The third kappa shape index (κ3) is 4.78. The molecule has 0 N–H and O–H groups in total. The lowest BCUT2D eigenvalue weighted by Crippen LogP contribution is -2.53. The van der Waals surface area contributed by atoms with Crippen LogP contribution in [-0.2, 0) is 27.9 Å². The second kappa shape index (κ2) is 8.95. The van der Waals surface area contributed by atoms with Crippen LogP contribution in [0.1, 0.15) is 18.2 Å². The first-order valence-electron chi connectivity index (χ1n) is 9.23. The van der Waals surface area contributed by atoms with Gasteiger partial charge in [-0.05, 0) is 24.6 Å². The molecule has 1 saturated heterocycles. The number of sulfonamides is 1. The maximum Gasteiger partial charge on any atom is 0.289 e. The summed E-state index contributed by atoms with van der Waals surface area (Å²) >= 11 is 0. The molecule has 1 aromatic carbocycles. The molecular weight excluding hydrogens is 396 g/mol. The molecule has 0 amide bonds. The van der Waals surface area contributed by atoms with Crippen molar-refractivity contribution in [2.24, 2.45) is 0 Å². The topological polar surface area (TPSA) is 106 Å². The van der Waals surface area contributed by atoms with Crippen molar-refractivity contribution in [3.8, 4) is 0 Å². The number of benzene rings is 1. The van der Waals surface area contributed by atoms with E-state index in [-0.39, 0.29) is 17.5 Å². The Labute approximate surface area is 170 Å². The van der Waals surface area contributed by atoms with Gasteiger partial charge in [0.15, 0.2) is 4.90 Å². The summed E-state index contributed by atoms with van der Waals surface area (Å²) in [6.07, 6.45) is 1.80. The molecular formula is C19H24N4O5S. The Balaban J connectivity index is 1.70. The molecule has 156 valence electrons. The Morgan fingerprint density at radius 3 is 2.62 bits per heavy atom. The quantitative estimate of drug-likeness (QED) is 0.498. The van der Waals surface area contributed by atoms with Crippen molar-refractivity contribution < 1.29 is 18.1 Å². The van der Waals surface area contributed by atoms with Crippen LogP contribution in [0.5, 0.6) is 0 Å². The predicted molar refractivity (Wildman–Crippen MR) is 107 cm³/mol. The summed E-state index contributed by atoms with van der Waals surface area (Å²) in [5.41, 5.74) is 1.49. The zero-order valence-corrected chi connectivity index (χ0v) is 17.2. The fraction of sp³-hybridized carbons (Fsp3) is 0.421. The van der Waals surface area contributed by atoms with Crippen molar-refractivity contribution in [2.75, 3.05) is 26.7 Å². The fourth-order valence-electron chi connectivity index (χ4n) is 3.51. The third-order valence-electron chi connectivity index (χ3n) is 4.88. The van der Waals surface area contributed by atoms with Crippen LogP contribution in [0.25, 0.3) is 0 Å². The normalized spacial score (nSPS) is 18.6. The highest BCUT2D eigenvalue weighted by Gasteiger charge is 2.37. The molecule has 1 atom stereocenters. The molecule has 9 nitrogen and oxygen atoms in total. The average molecular weight is 420 g/mol. The standard InChI is InChI=1S/C19H24N4O5S/c1-15-12-21(13-16-7-8-17(14-28-2)20-11-16)9-10-22(15)29(26,27)19-6-4-3-5-18(19)23(24)25/h3-8,11,15H,9-10,12-14H2,1-2H3/t15-/m0/s1. The summed E-state index contributed by atoms with van der Waals surface area (Å²) in [6.45, 7) is 4.26. The molecule has 0 unspecified atom stereocenters. The molecule has 29 heavy (non-hydrogen) atoms. The first kappa shape index (κ1) is 21.3. The SMILES string of the molecule is COCc1ccc(CN2CCN(S(=O)(=O)c3ccccc3[N+](=O)[O-])[C@@H](C)C2)cn1. The number of nitro benzene ring substituents is 1. The van der Waals surface area contributed by atoms with Crippen LogP contribution in [0, 0.1) is 10.1 Å². The van der Waals surface area contributed by atoms with E-state index in [0.29, 0.717) is 26.2 Å². The van der Waals surface area contributed by atoms with E-state index in [2.05, 4.69) is 9.88 Å². The lowest BCUT2D eigenvalue weighted by atomic mass is 10.2. The van der Waals surface area contributed by atoms with Crippen molar-refractivity contribution in [1.29, 1.82) is 0 Å². The molecule has 0 radical (unpaired) electrons. The summed E-state index contributed by atoms with van der Waals surface area (Å²) < 4.78 is 32.5. The highest BCUT2D eigenvalue weighted by atomic mass is 32.2. The van der Waals surface area contributed by atoms with Gasteiger partial charge in [-0.1, -0.05) is 18.2 Å². The minimum Gasteiger partial charge on any atom is -0.378 e. The van der Waals surface area contributed by atoms with E-state index in [1.807, 2.05) is 19.1 Å². The van der Waals surface area contributed by atoms with E-state index in [1.165, 1.54) is 28.6 Å². The van der Waals surface area contributed by atoms with Crippen molar-refractivity contribution in [1.82, 2.24) is 14.2 Å². The smallest absolute Gasteiger partial charge is 0.289 e. The van der Waals surface area contributed by atoms with Crippen molar-refractivity contribution >= 4 is 15.7 Å². The van der Waals surface area contributed by atoms with Gasteiger partial charge < -0.3 is 4.74 Å². The number of nitrogens with zero attached hydrogens (tertiary/aromatic N) is 4. The Kier molecular flexibility index (Phi) is 6.58. The maximum absolute atomic E-state index is 13.1. The third-order valence-corrected chi connectivity index (χ3v) is 6.94. The molecule has 0 aliphatic carbocycles. The van der Waals surface area contributed by atoms with Crippen LogP contribution < -0.4 is 0 Å². The number of para-hydroxylation sites is 1. The van der Waals surface area contributed by atoms with Crippen LogP contribution in [0.4, 0.5) is 5.69 Å². The number of hydrogen-bond donors (Lipinski definition) is 0. The summed E-state index contributed by atoms with van der Waals surface area (Å²) in [4.78, 5) is 16.8. The van der Waals surface area contributed by atoms with Crippen LogP contribution >= 0.6 is 0 Å². The Morgan fingerprint density at radius 1 is 1.24 bits per heavy atom. The van der Waals surface area contributed by atoms with Gasteiger partial charge in [-0.2, -0.15) is 4.31 Å². The summed E-state index contributed by atoms with van der Waals surface area (Å²) in [6, 6.07) is 9.06. The molecule has 2 heterocycles. The van der Waals surface area contributed by atoms with Gasteiger partial charge in [0.2, 0.25) is 10.0 Å². The van der Waals surface area contributed by atoms with Crippen molar-refractivity contribution in [2.45, 2.75) is 31.0 Å². The van der Waals surface area contributed by atoms with Crippen molar-refractivity contribution in [3.05, 3.63) is 64.0 Å². The van der Waals surface area contributed by atoms with Crippen LogP contribution in [0.15, 0.2) is 47.5 Å². The van der Waals surface area contributed by atoms with Crippen molar-refractivity contribution in [3.63, 3.8) is 0 Å². The second-order valence-electron chi connectivity index (χ2n) is 7.02. The molecule has 2 aromatic rings. The first-order chi connectivity index (χ1) is 13.8. The number of rotatable bonds is 7. The van der Waals surface area contributed by atoms with E-state index in [4.69, 9.17) is 4.74 Å². The minimum atomic E-state index is -3.96.